The number of allylic oxidation sites excluding steroid dienone is 8. The molecule has 1 heterocycles. The molecule has 2 heteroatoms. The highest BCUT2D eigenvalue weighted by atomic mass is 15.1. The van der Waals surface area contributed by atoms with Crippen molar-refractivity contribution in [2.45, 2.75) is 60.3 Å². The fourth-order valence-corrected chi connectivity index (χ4v) is 5.75. The summed E-state index contributed by atoms with van der Waals surface area (Å²) in [5, 5.41) is 0. The fourth-order valence-electron chi connectivity index (χ4n) is 5.75. The summed E-state index contributed by atoms with van der Waals surface area (Å²) < 4.78 is 2.33. The average Bonchev–Trinajstić information content (AvgIpc) is 3.53. The van der Waals surface area contributed by atoms with Crippen LogP contribution in [0.5, 0.6) is 0 Å². The summed E-state index contributed by atoms with van der Waals surface area (Å²) in [6, 6.07) is 15.7. The first kappa shape index (κ1) is 25.3. The third kappa shape index (κ3) is 5.21. The largest absolute Gasteiger partial charge is 0.300 e. The van der Waals surface area contributed by atoms with Crippen LogP contribution in [0.1, 0.15) is 65.0 Å². The minimum atomic E-state index is 0.398. The van der Waals surface area contributed by atoms with Gasteiger partial charge in [0.2, 0.25) is 0 Å². The van der Waals surface area contributed by atoms with E-state index in [1.807, 2.05) is 6.20 Å². The molecule has 1 atom stereocenters. The summed E-state index contributed by atoms with van der Waals surface area (Å²) in [5.74, 6) is 2.26. The molecule has 0 N–H and O–H groups in total. The van der Waals surface area contributed by atoms with E-state index < -0.39 is 0 Å². The smallest absolute Gasteiger partial charge is 0.144 e. The molecule has 2 aromatic carbocycles. The summed E-state index contributed by atoms with van der Waals surface area (Å²) >= 11 is 0. The van der Waals surface area contributed by atoms with Crippen LogP contribution < -0.4 is 0 Å². The van der Waals surface area contributed by atoms with Gasteiger partial charge in [0.05, 0.1) is 0 Å². The van der Waals surface area contributed by atoms with E-state index in [9.17, 15) is 0 Å². The van der Waals surface area contributed by atoms with E-state index in [1.165, 1.54) is 44.7 Å². The van der Waals surface area contributed by atoms with E-state index in [0.29, 0.717) is 17.8 Å². The van der Waals surface area contributed by atoms with Crippen molar-refractivity contribution in [1.82, 2.24) is 9.55 Å². The first-order valence-corrected chi connectivity index (χ1v) is 14.0. The van der Waals surface area contributed by atoms with Crippen LogP contribution in [0.25, 0.3) is 28.2 Å². The molecule has 0 fully saturated rings. The van der Waals surface area contributed by atoms with Gasteiger partial charge < -0.3 is 0 Å². The normalized spacial score (nSPS) is 16.2. The van der Waals surface area contributed by atoms with Crippen LogP contribution in [0.2, 0.25) is 0 Å². The zero-order valence-corrected chi connectivity index (χ0v) is 23.0. The molecule has 0 radical (unpaired) electrons. The van der Waals surface area contributed by atoms with Gasteiger partial charge in [0.15, 0.2) is 0 Å². The summed E-state index contributed by atoms with van der Waals surface area (Å²) in [6.07, 6.45) is 20.5. The molecule has 190 valence electrons. The fraction of sp³-hybridized carbons (Fsp3) is 0.343. The van der Waals surface area contributed by atoms with Gasteiger partial charge in [-0.2, -0.15) is 0 Å². The Labute approximate surface area is 223 Å². The van der Waals surface area contributed by atoms with Crippen LogP contribution in [0.3, 0.4) is 0 Å². The molecule has 5 rings (SSSR count). The molecule has 3 aromatic rings. The highest BCUT2D eigenvalue weighted by molar-refractivity contribution is 5.81. The van der Waals surface area contributed by atoms with Gasteiger partial charge in [0.25, 0.3) is 0 Å². The topological polar surface area (TPSA) is 17.8 Å². The Morgan fingerprint density at radius 2 is 1.78 bits per heavy atom. The summed E-state index contributed by atoms with van der Waals surface area (Å²) in [4.78, 5) is 4.90. The van der Waals surface area contributed by atoms with Gasteiger partial charge in [-0.15, -0.1) is 0 Å². The standard InChI is InChI=1S/C35H40N2/c1-6-26(27-12-8-7-9-13-27)22-32(25(4)5)34(20-24(2)3)37-19-18-36-35(37)30-17-16-29-21-28-14-10-11-15-31(28)33(29)23-30/h8,10-20,22-26H,6-7,9,21H2,1-5H3/b32-22-,34-20-. The summed E-state index contributed by atoms with van der Waals surface area (Å²) in [5.41, 5.74) is 10.8. The molecule has 0 bridgehead atoms. The highest BCUT2D eigenvalue weighted by Crippen LogP contribution is 2.40. The van der Waals surface area contributed by atoms with Crippen molar-refractivity contribution in [3.63, 3.8) is 0 Å². The Bertz CT molecular complexity index is 1390. The molecule has 1 unspecified atom stereocenters. The molecule has 2 nitrogen and oxygen atoms in total. The first-order chi connectivity index (χ1) is 18.0. The Morgan fingerprint density at radius 3 is 2.51 bits per heavy atom. The van der Waals surface area contributed by atoms with E-state index in [2.05, 4.69) is 118 Å². The number of fused-ring (bicyclic) bond motifs is 3. The second-order valence-electron chi connectivity index (χ2n) is 11.1. The Hall–Kier alpha value is -3.39. The quantitative estimate of drug-likeness (QED) is 0.226. The molecule has 0 amide bonds. The highest BCUT2D eigenvalue weighted by Gasteiger charge is 2.22. The van der Waals surface area contributed by atoms with Crippen molar-refractivity contribution < 1.29 is 0 Å². The maximum atomic E-state index is 4.90. The predicted molar refractivity (Wildman–Crippen MR) is 158 cm³/mol. The SMILES string of the molecule is CCC(/C=C(\C(=C\C(C)C)n1ccnc1-c1ccc2c(c1)-c1ccccc1C2)C(C)C)C1=CCCC=C1. The molecule has 0 spiro atoms. The lowest BCUT2D eigenvalue weighted by atomic mass is 9.86. The minimum absolute atomic E-state index is 0.398. The van der Waals surface area contributed by atoms with E-state index in [-0.39, 0.29) is 0 Å². The zero-order chi connectivity index (χ0) is 25.9. The monoisotopic (exact) mass is 488 g/mol. The number of aromatic nitrogens is 2. The molecule has 2 aliphatic carbocycles. The molecular formula is C35H40N2. The molecule has 0 saturated carbocycles. The number of hydrogen-bond donors (Lipinski definition) is 0. The minimum Gasteiger partial charge on any atom is -0.300 e. The van der Waals surface area contributed by atoms with Crippen molar-refractivity contribution in [1.29, 1.82) is 0 Å². The van der Waals surface area contributed by atoms with Gasteiger partial charge in [-0.3, -0.25) is 4.57 Å². The number of nitrogens with zero attached hydrogens (tertiary/aromatic N) is 2. The third-order valence-corrected chi connectivity index (χ3v) is 7.64. The van der Waals surface area contributed by atoms with Crippen molar-refractivity contribution in [3.05, 3.63) is 108 Å². The van der Waals surface area contributed by atoms with E-state index in [4.69, 9.17) is 4.98 Å². The number of benzene rings is 2. The summed E-state index contributed by atoms with van der Waals surface area (Å²) in [7, 11) is 0. The summed E-state index contributed by atoms with van der Waals surface area (Å²) in [6.45, 7) is 11.5. The van der Waals surface area contributed by atoms with E-state index >= 15 is 0 Å². The molecule has 0 aliphatic heterocycles. The van der Waals surface area contributed by atoms with E-state index in [1.54, 1.807) is 0 Å². The van der Waals surface area contributed by atoms with Crippen LogP contribution in [0.15, 0.2) is 96.4 Å². The van der Waals surface area contributed by atoms with Gasteiger partial charge in [0.1, 0.15) is 5.82 Å². The van der Waals surface area contributed by atoms with Crippen molar-refractivity contribution in [3.8, 4) is 22.5 Å². The van der Waals surface area contributed by atoms with Crippen LogP contribution in [0.4, 0.5) is 0 Å². The Balaban J connectivity index is 1.60. The molecule has 0 saturated heterocycles. The predicted octanol–water partition coefficient (Wildman–Crippen LogP) is 9.50. The molecular weight excluding hydrogens is 448 g/mol. The first-order valence-electron chi connectivity index (χ1n) is 14.0. The van der Waals surface area contributed by atoms with Gasteiger partial charge in [0, 0.05) is 29.6 Å². The van der Waals surface area contributed by atoms with Crippen molar-refractivity contribution >= 4 is 5.70 Å². The second-order valence-corrected chi connectivity index (χ2v) is 11.1. The van der Waals surface area contributed by atoms with Crippen LogP contribution in [0, 0.1) is 17.8 Å². The lowest BCUT2D eigenvalue weighted by molar-refractivity contribution is 0.699. The Morgan fingerprint density at radius 1 is 0.973 bits per heavy atom. The van der Waals surface area contributed by atoms with Gasteiger partial charge in [-0.25, -0.2) is 4.98 Å². The Kier molecular flexibility index (Phi) is 7.46. The van der Waals surface area contributed by atoms with Crippen molar-refractivity contribution in [2.75, 3.05) is 0 Å². The maximum absolute atomic E-state index is 4.90. The zero-order valence-electron chi connectivity index (χ0n) is 23.0. The second kappa shape index (κ2) is 10.9. The number of imidazole rings is 1. The number of hydrogen-bond acceptors (Lipinski definition) is 1. The van der Waals surface area contributed by atoms with Crippen LogP contribution in [-0.4, -0.2) is 9.55 Å². The number of rotatable bonds is 8. The lowest BCUT2D eigenvalue weighted by Crippen LogP contribution is -2.10. The van der Waals surface area contributed by atoms with Gasteiger partial charge >= 0.3 is 0 Å². The average molecular weight is 489 g/mol. The van der Waals surface area contributed by atoms with Gasteiger partial charge in [-0.1, -0.05) is 101 Å². The maximum Gasteiger partial charge on any atom is 0.144 e. The van der Waals surface area contributed by atoms with Crippen LogP contribution >= 0.6 is 0 Å². The molecule has 37 heavy (non-hydrogen) atoms. The molecule has 2 aliphatic rings. The van der Waals surface area contributed by atoms with Gasteiger partial charge in [-0.05, 0) is 77.0 Å². The third-order valence-electron chi connectivity index (χ3n) is 7.64. The van der Waals surface area contributed by atoms with Crippen LogP contribution in [-0.2, 0) is 6.42 Å². The van der Waals surface area contributed by atoms with Crippen molar-refractivity contribution in [2.24, 2.45) is 17.8 Å². The lowest BCUT2D eigenvalue weighted by Gasteiger charge is -2.24. The molecule has 1 aromatic heterocycles. The van der Waals surface area contributed by atoms with E-state index in [0.717, 1.165) is 31.5 Å².